The summed E-state index contributed by atoms with van der Waals surface area (Å²) < 4.78 is 0. The fraction of sp³-hybridized carbons (Fsp3) is 0.400. The van der Waals surface area contributed by atoms with Crippen LogP contribution in [-0.4, -0.2) is 10.9 Å². The van der Waals surface area contributed by atoms with Crippen LogP contribution in [0.15, 0.2) is 18.3 Å². The van der Waals surface area contributed by atoms with Crippen LogP contribution in [0.5, 0.6) is 0 Å². The van der Waals surface area contributed by atoms with Crippen molar-refractivity contribution in [3.8, 4) is 0 Å². The molecule has 1 aliphatic carbocycles. The molecule has 1 aromatic carbocycles. The van der Waals surface area contributed by atoms with E-state index in [1.807, 2.05) is 13.1 Å². The van der Waals surface area contributed by atoms with Gasteiger partial charge in [-0.05, 0) is 54.5 Å². The molecule has 1 atom stereocenters. The monoisotopic (exact) mass is 242 g/mol. The van der Waals surface area contributed by atoms with E-state index in [0.717, 1.165) is 0 Å². The van der Waals surface area contributed by atoms with E-state index >= 15 is 0 Å². The number of carbonyl (C=O) groups excluding carboxylic acids is 1. The fourth-order valence-corrected chi connectivity index (χ4v) is 2.85. The highest BCUT2D eigenvalue weighted by molar-refractivity contribution is 5.86. The number of aromatic nitrogens is 1. The lowest BCUT2D eigenvalue weighted by Gasteiger charge is -2.06. The smallest absolute Gasteiger partial charge is 0.220 e. The predicted octanol–water partition coefficient (Wildman–Crippen LogP) is 2.32. The number of benzene rings is 1. The molecule has 3 heteroatoms. The van der Waals surface area contributed by atoms with Gasteiger partial charge in [0.15, 0.2) is 0 Å². The van der Waals surface area contributed by atoms with Crippen LogP contribution in [0.4, 0.5) is 0 Å². The first kappa shape index (κ1) is 11.3. The van der Waals surface area contributed by atoms with Crippen molar-refractivity contribution in [2.24, 2.45) is 11.7 Å². The van der Waals surface area contributed by atoms with Gasteiger partial charge in [-0.3, -0.25) is 4.79 Å². The second-order valence-electron chi connectivity index (χ2n) is 5.34. The molecule has 0 aliphatic heterocycles. The molecule has 1 heterocycles. The number of fused-ring (bicyclic) bond motifs is 2. The summed E-state index contributed by atoms with van der Waals surface area (Å²) in [5.41, 5.74) is 10.7. The van der Waals surface area contributed by atoms with E-state index in [1.54, 1.807) is 0 Å². The van der Waals surface area contributed by atoms with E-state index in [9.17, 15) is 4.79 Å². The molecule has 94 valence electrons. The Hall–Kier alpha value is -1.77. The van der Waals surface area contributed by atoms with Crippen molar-refractivity contribution in [3.63, 3.8) is 0 Å². The van der Waals surface area contributed by atoms with Crippen molar-refractivity contribution in [2.45, 2.75) is 32.6 Å². The van der Waals surface area contributed by atoms with Gasteiger partial charge in [-0.15, -0.1) is 0 Å². The van der Waals surface area contributed by atoms with E-state index in [4.69, 9.17) is 5.73 Å². The molecule has 0 fully saturated rings. The van der Waals surface area contributed by atoms with Crippen molar-refractivity contribution >= 4 is 16.8 Å². The van der Waals surface area contributed by atoms with E-state index in [0.29, 0.717) is 6.42 Å². The molecule has 1 amide bonds. The Bertz CT molecular complexity index is 612. The third-order valence-electron chi connectivity index (χ3n) is 3.99. The van der Waals surface area contributed by atoms with Crippen LogP contribution in [0.25, 0.3) is 10.9 Å². The number of H-pyrrole nitrogens is 1. The predicted molar refractivity (Wildman–Crippen MR) is 72.4 cm³/mol. The zero-order chi connectivity index (χ0) is 12.7. The minimum absolute atomic E-state index is 0.114. The maximum Gasteiger partial charge on any atom is 0.220 e. The fourth-order valence-electron chi connectivity index (χ4n) is 2.85. The topological polar surface area (TPSA) is 58.9 Å². The van der Waals surface area contributed by atoms with Crippen LogP contribution in [0, 0.1) is 5.92 Å². The summed E-state index contributed by atoms with van der Waals surface area (Å²) in [6.45, 7) is 1.88. The minimum atomic E-state index is -0.231. The Morgan fingerprint density at radius 1 is 1.39 bits per heavy atom. The van der Waals surface area contributed by atoms with Gasteiger partial charge in [-0.2, -0.15) is 0 Å². The lowest BCUT2D eigenvalue weighted by Crippen LogP contribution is -2.22. The number of carbonyl (C=O) groups is 1. The van der Waals surface area contributed by atoms with E-state index in [2.05, 4.69) is 17.1 Å². The normalized spacial score (nSPS) is 15.8. The summed E-state index contributed by atoms with van der Waals surface area (Å²) in [6.07, 6.45) is 6.36. The third kappa shape index (κ3) is 1.80. The molecule has 0 saturated carbocycles. The number of hydrogen-bond acceptors (Lipinski definition) is 1. The number of nitrogens with two attached hydrogens (primary N) is 1. The van der Waals surface area contributed by atoms with Crippen LogP contribution < -0.4 is 5.73 Å². The van der Waals surface area contributed by atoms with Crippen molar-refractivity contribution in [1.29, 1.82) is 0 Å². The number of amides is 1. The molecule has 0 radical (unpaired) electrons. The van der Waals surface area contributed by atoms with Crippen molar-refractivity contribution in [3.05, 3.63) is 35.0 Å². The molecule has 0 bridgehead atoms. The molecule has 1 aliphatic rings. The maximum atomic E-state index is 11.2. The van der Waals surface area contributed by atoms with E-state index in [-0.39, 0.29) is 11.8 Å². The second-order valence-corrected chi connectivity index (χ2v) is 5.34. The number of aryl methyl sites for hydroxylation is 2. The number of primary amides is 1. The molecule has 3 nitrogen and oxygen atoms in total. The van der Waals surface area contributed by atoms with Crippen LogP contribution in [0.2, 0.25) is 0 Å². The van der Waals surface area contributed by atoms with Crippen LogP contribution in [0.1, 0.15) is 30.0 Å². The SMILES string of the molecule is CC(Cc1c[nH]c2cc3c(cc12)CCC3)C(N)=O. The Morgan fingerprint density at radius 2 is 2.11 bits per heavy atom. The van der Waals surface area contributed by atoms with Crippen molar-refractivity contribution in [2.75, 3.05) is 0 Å². The minimum Gasteiger partial charge on any atom is -0.369 e. The summed E-state index contributed by atoms with van der Waals surface area (Å²) in [5.74, 6) is -0.345. The zero-order valence-corrected chi connectivity index (χ0v) is 10.6. The highest BCUT2D eigenvalue weighted by atomic mass is 16.1. The van der Waals surface area contributed by atoms with Crippen LogP contribution >= 0.6 is 0 Å². The number of hydrogen-bond donors (Lipinski definition) is 2. The van der Waals surface area contributed by atoms with Gasteiger partial charge in [0, 0.05) is 23.0 Å². The Labute approximate surface area is 106 Å². The van der Waals surface area contributed by atoms with Gasteiger partial charge in [-0.25, -0.2) is 0 Å². The summed E-state index contributed by atoms with van der Waals surface area (Å²) in [7, 11) is 0. The molecular formula is C15H18N2O. The highest BCUT2D eigenvalue weighted by Crippen LogP contribution is 2.29. The molecule has 0 saturated heterocycles. The van der Waals surface area contributed by atoms with Gasteiger partial charge in [0.1, 0.15) is 0 Å². The standard InChI is InChI=1S/C15H18N2O/c1-9(15(16)18)5-12-8-17-14-7-11-4-2-3-10(11)6-13(12)14/h6-9,17H,2-5H2,1H3,(H2,16,18). The van der Waals surface area contributed by atoms with Crippen molar-refractivity contribution in [1.82, 2.24) is 4.98 Å². The molecule has 1 aromatic heterocycles. The molecule has 0 spiro atoms. The van der Waals surface area contributed by atoms with Gasteiger partial charge in [0.2, 0.25) is 5.91 Å². The zero-order valence-electron chi connectivity index (χ0n) is 10.6. The van der Waals surface area contributed by atoms with Gasteiger partial charge < -0.3 is 10.7 Å². The summed E-state index contributed by atoms with van der Waals surface area (Å²) in [6, 6.07) is 4.55. The lowest BCUT2D eigenvalue weighted by molar-refractivity contribution is -0.121. The summed E-state index contributed by atoms with van der Waals surface area (Å²) in [5, 5.41) is 1.25. The highest BCUT2D eigenvalue weighted by Gasteiger charge is 2.16. The molecule has 3 rings (SSSR count). The molecule has 2 aromatic rings. The lowest BCUT2D eigenvalue weighted by atomic mass is 9.98. The Kier molecular flexibility index (Phi) is 2.62. The van der Waals surface area contributed by atoms with Gasteiger partial charge in [0.25, 0.3) is 0 Å². The average molecular weight is 242 g/mol. The summed E-state index contributed by atoms with van der Waals surface area (Å²) >= 11 is 0. The van der Waals surface area contributed by atoms with Crippen molar-refractivity contribution < 1.29 is 4.79 Å². The Morgan fingerprint density at radius 3 is 2.83 bits per heavy atom. The molecule has 18 heavy (non-hydrogen) atoms. The maximum absolute atomic E-state index is 11.2. The number of aromatic amines is 1. The first-order valence-corrected chi connectivity index (χ1v) is 6.56. The van der Waals surface area contributed by atoms with E-state index in [1.165, 1.54) is 46.9 Å². The Balaban J connectivity index is 2.01. The quantitative estimate of drug-likeness (QED) is 0.852. The van der Waals surface area contributed by atoms with Gasteiger partial charge in [0.05, 0.1) is 0 Å². The average Bonchev–Trinajstić information content (AvgIpc) is 2.93. The number of rotatable bonds is 3. The first-order valence-electron chi connectivity index (χ1n) is 6.56. The van der Waals surface area contributed by atoms with Gasteiger partial charge >= 0.3 is 0 Å². The first-order chi connectivity index (χ1) is 8.65. The second kappa shape index (κ2) is 4.16. The molecular weight excluding hydrogens is 224 g/mol. The van der Waals surface area contributed by atoms with Gasteiger partial charge in [-0.1, -0.05) is 6.92 Å². The van der Waals surface area contributed by atoms with E-state index < -0.39 is 0 Å². The molecule has 1 unspecified atom stereocenters. The number of nitrogens with one attached hydrogen (secondary N) is 1. The molecule has 3 N–H and O–H groups in total. The summed E-state index contributed by atoms with van der Waals surface area (Å²) in [4.78, 5) is 14.5. The van der Waals surface area contributed by atoms with Crippen LogP contribution in [-0.2, 0) is 24.1 Å². The largest absolute Gasteiger partial charge is 0.369 e. The third-order valence-corrected chi connectivity index (χ3v) is 3.99. The van der Waals surface area contributed by atoms with Crippen LogP contribution in [0.3, 0.4) is 0 Å².